The minimum Gasteiger partial charge on any atom is -0.357 e. The van der Waals surface area contributed by atoms with Crippen LogP contribution in [0.1, 0.15) is 44.6 Å². The van der Waals surface area contributed by atoms with Crippen molar-refractivity contribution in [3.8, 4) is 5.69 Å². The molecule has 0 aliphatic heterocycles. The summed E-state index contributed by atoms with van der Waals surface area (Å²) in [6.45, 7) is 14.0. The van der Waals surface area contributed by atoms with Crippen LogP contribution in [0.4, 0.5) is 0 Å². The molecule has 5 nitrogen and oxygen atoms in total. The molecule has 1 aromatic carbocycles. The Morgan fingerprint density at radius 3 is 2.42 bits per heavy atom. The zero-order valence-electron chi connectivity index (χ0n) is 15.6. The molecule has 2 N–H and O–H groups in total. The minimum absolute atomic E-state index is 0.0285. The highest BCUT2D eigenvalue weighted by molar-refractivity contribution is 5.80. The third kappa shape index (κ3) is 4.60. The molecule has 0 saturated heterocycles. The SMILES string of the molecule is CCNC(=NCc1c(C)nn(-c2ccccc2)c1C)NC(C)(C)C. The molecule has 0 unspecified atom stereocenters. The Morgan fingerprint density at radius 2 is 1.83 bits per heavy atom. The van der Waals surface area contributed by atoms with Gasteiger partial charge in [-0.3, -0.25) is 0 Å². The second-order valence-electron chi connectivity index (χ2n) is 6.97. The summed E-state index contributed by atoms with van der Waals surface area (Å²) in [5.74, 6) is 0.830. The van der Waals surface area contributed by atoms with Crippen LogP contribution in [0.25, 0.3) is 5.69 Å². The Kier molecular flexibility index (Phi) is 5.65. The van der Waals surface area contributed by atoms with Gasteiger partial charge in [-0.1, -0.05) is 18.2 Å². The van der Waals surface area contributed by atoms with Gasteiger partial charge in [-0.15, -0.1) is 0 Å². The summed E-state index contributed by atoms with van der Waals surface area (Å²) in [7, 11) is 0. The van der Waals surface area contributed by atoms with E-state index >= 15 is 0 Å². The van der Waals surface area contributed by atoms with E-state index in [-0.39, 0.29) is 5.54 Å². The van der Waals surface area contributed by atoms with Crippen LogP contribution in [0, 0.1) is 13.8 Å². The molecule has 0 bridgehead atoms. The van der Waals surface area contributed by atoms with Crippen LogP contribution >= 0.6 is 0 Å². The average Bonchev–Trinajstić information content (AvgIpc) is 2.79. The highest BCUT2D eigenvalue weighted by Crippen LogP contribution is 2.18. The van der Waals surface area contributed by atoms with Gasteiger partial charge in [0.05, 0.1) is 17.9 Å². The summed E-state index contributed by atoms with van der Waals surface area (Å²) in [6.07, 6.45) is 0. The van der Waals surface area contributed by atoms with Crippen LogP contribution in [-0.2, 0) is 6.54 Å². The fourth-order valence-electron chi connectivity index (χ4n) is 2.54. The highest BCUT2D eigenvalue weighted by Gasteiger charge is 2.14. The molecule has 2 rings (SSSR count). The molecule has 0 spiro atoms. The maximum atomic E-state index is 4.74. The number of hydrogen-bond acceptors (Lipinski definition) is 2. The fraction of sp³-hybridized carbons (Fsp3) is 0.474. The van der Waals surface area contributed by atoms with Crippen molar-refractivity contribution in [2.75, 3.05) is 6.54 Å². The molecule has 1 aromatic heterocycles. The number of nitrogens with zero attached hydrogens (tertiary/aromatic N) is 3. The van der Waals surface area contributed by atoms with Gasteiger partial charge >= 0.3 is 0 Å². The highest BCUT2D eigenvalue weighted by atomic mass is 15.3. The van der Waals surface area contributed by atoms with Gasteiger partial charge in [0.15, 0.2) is 5.96 Å². The van der Waals surface area contributed by atoms with Gasteiger partial charge in [-0.05, 0) is 53.7 Å². The summed E-state index contributed by atoms with van der Waals surface area (Å²) in [5.41, 5.74) is 4.37. The number of guanidine groups is 1. The van der Waals surface area contributed by atoms with E-state index in [4.69, 9.17) is 4.99 Å². The molecule has 2 aromatic rings. The van der Waals surface area contributed by atoms with Crippen molar-refractivity contribution in [3.05, 3.63) is 47.3 Å². The smallest absolute Gasteiger partial charge is 0.191 e. The zero-order valence-corrected chi connectivity index (χ0v) is 15.6. The summed E-state index contributed by atoms with van der Waals surface area (Å²) < 4.78 is 1.99. The molecule has 24 heavy (non-hydrogen) atoms. The van der Waals surface area contributed by atoms with Crippen molar-refractivity contribution in [1.82, 2.24) is 20.4 Å². The lowest BCUT2D eigenvalue weighted by Gasteiger charge is -2.23. The van der Waals surface area contributed by atoms with Gasteiger partial charge in [0.1, 0.15) is 0 Å². The van der Waals surface area contributed by atoms with Gasteiger partial charge in [0, 0.05) is 23.3 Å². The first-order chi connectivity index (χ1) is 11.3. The van der Waals surface area contributed by atoms with E-state index in [2.05, 4.69) is 62.5 Å². The third-order valence-corrected chi connectivity index (χ3v) is 3.67. The topological polar surface area (TPSA) is 54.2 Å². The Morgan fingerprint density at radius 1 is 1.17 bits per heavy atom. The van der Waals surface area contributed by atoms with Crippen molar-refractivity contribution < 1.29 is 0 Å². The molecule has 0 radical (unpaired) electrons. The van der Waals surface area contributed by atoms with E-state index in [1.54, 1.807) is 0 Å². The van der Waals surface area contributed by atoms with Crippen LogP contribution in [0.15, 0.2) is 35.3 Å². The van der Waals surface area contributed by atoms with Gasteiger partial charge < -0.3 is 10.6 Å². The summed E-state index contributed by atoms with van der Waals surface area (Å²) in [4.78, 5) is 4.74. The maximum absolute atomic E-state index is 4.74. The molecular formula is C19H29N5. The number of hydrogen-bond donors (Lipinski definition) is 2. The quantitative estimate of drug-likeness (QED) is 0.669. The monoisotopic (exact) mass is 327 g/mol. The molecule has 130 valence electrons. The third-order valence-electron chi connectivity index (χ3n) is 3.67. The minimum atomic E-state index is -0.0285. The normalized spacial score (nSPS) is 12.3. The van der Waals surface area contributed by atoms with E-state index in [0.717, 1.165) is 29.6 Å². The first-order valence-corrected chi connectivity index (χ1v) is 8.49. The first-order valence-electron chi connectivity index (χ1n) is 8.49. The molecule has 0 aliphatic carbocycles. The fourth-order valence-corrected chi connectivity index (χ4v) is 2.54. The zero-order chi connectivity index (χ0) is 17.7. The van der Waals surface area contributed by atoms with E-state index in [0.29, 0.717) is 6.54 Å². The Hall–Kier alpha value is -2.30. The second-order valence-corrected chi connectivity index (χ2v) is 6.97. The number of nitrogens with one attached hydrogen (secondary N) is 2. The molecule has 0 fully saturated rings. The lowest BCUT2D eigenvalue weighted by atomic mass is 10.1. The summed E-state index contributed by atoms with van der Waals surface area (Å²) >= 11 is 0. The molecule has 0 aliphatic rings. The Balaban J connectivity index is 2.26. The van der Waals surface area contributed by atoms with Gasteiger partial charge in [-0.25, -0.2) is 9.67 Å². The number of aryl methyl sites for hydroxylation is 1. The van der Waals surface area contributed by atoms with Crippen molar-refractivity contribution >= 4 is 5.96 Å². The molecule has 5 heteroatoms. The van der Waals surface area contributed by atoms with Gasteiger partial charge in [-0.2, -0.15) is 5.10 Å². The number of aliphatic imine (C=N–C) groups is 1. The molecule has 0 amide bonds. The standard InChI is InChI=1S/C19H29N5/c1-7-20-18(22-19(4,5)6)21-13-17-14(2)23-24(15(17)3)16-11-9-8-10-12-16/h8-12H,7,13H2,1-6H3,(H2,20,21,22). The predicted molar refractivity (Wildman–Crippen MR) is 101 cm³/mol. The first kappa shape index (κ1) is 18.0. The van der Waals surface area contributed by atoms with Gasteiger partial charge in [0.25, 0.3) is 0 Å². The lowest BCUT2D eigenvalue weighted by molar-refractivity contribution is 0.501. The summed E-state index contributed by atoms with van der Waals surface area (Å²) in [5, 5.41) is 11.4. The van der Waals surface area contributed by atoms with Crippen molar-refractivity contribution in [1.29, 1.82) is 0 Å². The maximum Gasteiger partial charge on any atom is 0.191 e. The molecule has 0 saturated carbocycles. The van der Waals surface area contributed by atoms with Crippen molar-refractivity contribution in [2.24, 2.45) is 4.99 Å². The number of benzene rings is 1. The van der Waals surface area contributed by atoms with E-state index in [1.807, 2.05) is 29.8 Å². The molecular weight excluding hydrogens is 298 g/mol. The number of rotatable bonds is 4. The van der Waals surface area contributed by atoms with E-state index < -0.39 is 0 Å². The summed E-state index contributed by atoms with van der Waals surface area (Å²) in [6, 6.07) is 10.2. The van der Waals surface area contributed by atoms with Crippen LogP contribution in [0.2, 0.25) is 0 Å². The lowest BCUT2D eigenvalue weighted by Crippen LogP contribution is -2.47. The van der Waals surface area contributed by atoms with E-state index in [1.165, 1.54) is 5.56 Å². The number of aromatic nitrogens is 2. The van der Waals surface area contributed by atoms with Crippen molar-refractivity contribution in [3.63, 3.8) is 0 Å². The Bertz CT molecular complexity index is 693. The van der Waals surface area contributed by atoms with Gasteiger partial charge in [0.2, 0.25) is 0 Å². The molecule has 1 heterocycles. The van der Waals surface area contributed by atoms with Crippen LogP contribution < -0.4 is 10.6 Å². The second kappa shape index (κ2) is 7.51. The van der Waals surface area contributed by atoms with Crippen LogP contribution in [0.3, 0.4) is 0 Å². The Labute approximate surface area is 145 Å². The number of para-hydroxylation sites is 1. The van der Waals surface area contributed by atoms with Crippen LogP contribution in [-0.4, -0.2) is 27.8 Å². The average molecular weight is 327 g/mol. The largest absolute Gasteiger partial charge is 0.357 e. The van der Waals surface area contributed by atoms with E-state index in [9.17, 15) is 0 Å². The van der Waals surface area contributed by atoms with Crippen LogP contribution in [0.5, 0.6) is 0 Å². The molecule has 0 atom stereocenters. The van der Waals surface area contributed by atoms with Crippen molar-refractivity contribution in [2.45, 2.75) is 53.6 Å². The predicted octanol–water partition coefficient (Wildman–Crippen LogP) is 3.34.